The van der Waals surface area contributed by atoms with Crippen LogP contribution in [0.5, 0.6) is 5.75 Å². The summed E-state index contributed by atoms with van der Waals surface area (Å²) in [4.78, 5) is 9.12. The zero-order valence-corrected chi connectivity index (χ0v) is 10.0. The highest BCUT2D eigenvalue weighted by Gasteiger charge is 2.37. The molecule has 0 atom stereocenters. The minimum Gasteiger partial charge on any atom is -0.508 e. The van der Waals surface area contributed by atoms with Crippen molar-refractivity contribution in [2.75, 3.05) is 0 Å². The largest absolute Gasteiger partial charge is 0.508 e. The summed E-state index contributed by atoms with van der Waals surface area (Å²) in [5.74, 6) is 0.322. The first-order chi connectivity index (χ1) is 9.32. The maximum atomic E-state index is 12.1. The number of benzene rings is 2. The van der Waals surface area contributed by atoms with Gasteiger partial charge in [0, 0.05) is 6.07 Å². The minimum absolute atomic E-state index is 0.322. The predicted octanol–water partition coefficient (Wildman–Crippen LogP) is 4.01. The number of rotatable bonds is 1. The van der Waals surface area contributed by atoms with Crippen LogP contribution < -0.4 is 0 Å². The Kier molecular flexibility index (Phi) is 5.08. The first-order valence-corrected chi connectivity index (χ1v) is 5.37. The fourth-order valence-corrected chi connectivity index (χ4v) is 1.30. The van der Waals surface area contributed by atoms with E-state index in [1.807, 2.05) is 6.07 Å². The van der Waals surface area contributed by atoms with Crippen molar-refractivity contribution in [1.82, 2.24) is 0 Å². The van der Waals surface area contributed by atoms with Crippen LogP contribution in [0.15, 0.2) is 54.6 Å². The molecule has 0 fully saturated rings. The molecule has 7 heteroatoms. The van der Waals surface area contributed by atoms with Crippen LogP contribution in [0.1, 0.15) is 5.56 Å². The maximum absolute atomic E-state index is 12.1. The number of nitro groups is 1. The molecule has 106 valence electrons. The number of aromatic hydroxyl groups is 1. The molecule has 0 radical (unpaired) electrons. The van der Waals surface area contributed by atoms with Gasteiger partial charge < -0.3 is 5.11 Å². The summed E-state index contributed by atoms with van der Waals surface area (Å²) < 4.78 is 36.3. The number of nitro benzene ring substituents is 1. The van der Waals surface area contributed by atoms with Gasteiger partial charge in [-0.05, 0) is 18.2 Å². The molecule has 0 amide bonds. The number of halogens is 3. The molecular weight excluding hydrogens is 275 g/mol. The second-order valence-electron chi connectivity index (χ2n) is 3.61. The molecule has 2 aromatic rings. The van der Waals surface area contributed by atoms with Crippen LogP contribution in [-0.2, 0) is 6.18 Å². The summed E-state index contributed by atoms with van der Waals surface area (Å²) in [5.41, 5.74) is -2.14. The number of hydrogen-bond donors (Lipinski definition) is 1. The van der Waals surface area contributed by atoms with Crippen LogP contribution in [0.4, 0.5) is 18.9 Å². The van der Waals surface area contributed by atoms with Gasteiger partial charge in [0.05, 0.1) is 4.92 Å². The highest BCUT2D eigenvalue weighted by molar-refractivity contribution is 5.41. The Labute approximate surface area is 112 Å². The third-order valence-corrected chi connectivity index (χ3v) is 2.16. The number of phenolic OH excluding ortho intramolecular Hbond substituents is 1. The van der Waals surface area contributed by atoms with Crippen molar-refractivity contribution in [2.45, 2.75) is 6.18 Å². The normalized spacial score (nSPS) is 10.3. The highest BCUT2D eigenvalue weighted by atomic mass is 19.4. The molecule has 0 bridgehead atoms. The van der Waals surface area contributed by atoms with Crippen molar-refractivity contribution in [2.24, 2.45) is 0 Å². The van der Waals surface area contributed by atoms with Gasteiger partial charge in [-0.1, -0.05) is 30.3 Å². The van der Waals surface area contributed by atoms with Gasteiger partial charge in [-0.2, -0.15) is 13.2 Å². The van der Waals surface area contributed by atoms with Crippen LogP contribution in [0, 0.1) is 10.1 Å². The summed E-state index contributed by atoms with van der Waals surface area (Å²) in [6.45, 7) is 0. The van der Waals surface area contributed by atoms with E-state index in [1.54, 1.807) is 24.3 Å². The third kappa shape index (κ3) is 4.60. The van der Waals surface area contributed by atoms with Gasteiger partial charge in [-0.25, -0.2) is 0 Å². The second kappa shape index (κ2) is 6.55. The van der Waals surface area contributed by atoms with Gasteiger partial charge in [0.2, 0.25) is 0 Å². The third-order valence-electron chi connectivity index (χ3n) is 2.16. The van der Waals surface area contributed by atoms with E-state index in [4.69, 9.17) is 5.11 Å². The van der Waals surface area contributed by atoms with E-state index in [1.165, 1.54) is 6.07 Å². The molecule has 0 saturated carbocycles. The van der Waals surface area contributed by atoms with Crippen molar-refractivity contribution in [3.05, 3.63) is 70.3 Å². The van der Waals surface area contributed by atoms with Gasteiger partial charge in [0.15, 0.2) is 0 Å². The van der Waals surface area contributed by atoms with Crippen LogP contribution in [-0.4, -0.2) is 10.0 Å². The lowest BCUT2D eigenvalue weighted by molar-refractivity contribution is -0.388. The quantitative estimate of drug-likeness (QED) is 0.636. The lowest BCUT2D eigenvalue weighted by atomic mass is 10.2. The topological polar surface area (TPSA) is 63.4 Å². The van der Waals surface area contributed by atoms with Gasteiger partial charge >= 0.3 is 6.18 Å². The number of alkyl halides is 3. The van der Waals surface area contributed by atoms with Crippen LogP contribution in [0.2, 0.25) is 0 Å². The summed E-state index contributed by atoms with van der Waals surface area (Å²) in [5, 5.41) is 18.8. The van der Waals surface area contributed by atoms with Crippen LogP contribution in [0.25, 0.3) is 0 Å². The molecular formula is C13H10F3NO3. The zero-order chi connectivity index (χ0) is 15.2. The van der Waals surface area contributed by atoms with E-state index >= 15 is 0 Å². The molecule has 0 spiro atoms. The Balaban J connectivity index is 0.000000240. The fourth-order valence-electron chi connectivity index (χ4n) is 1.30. The van der Waals surface area contributed by atoms with Gasteiger partial charge in [0.1, 0.15) is 11.3 Å². The zero-order valence-electron chi connectivity index (χ0n) is 10.0. The van der Waals surface area contributed by atoms with E-state index in [0.29, 0.717) is 11.8 Å². The number of nitrogens with zero attached hydrogens (tertiary/aromatic N) is 1. The molecule has 0 aliphatic heterocycles. The first-order valence-electron chi connectivity index (χ1n) is 5.37. The van der Waals surface area contributed by atoms with Crippen molar-refractivity contribution in [3.8, 4) is 5.75 Å². The Morgan fingerprint density at radius 3 is 1.80 bits per heavy atom. The average molecular weight is 285 g/mol. The van der Waals surface area contributed by atoms with Crippen LogP contribution in [0.3, 0.4) is 0 Å². The van der Waals surface area contributed by atoms with Crippen molar-refractivity contribution in [1.29, 1.82) is 0 Å². The summed E-state index contributed by atoms with van der Waals surface area (Å²) in [6.07, 6.45) is -4.68. The summed E-state index contributed by atoms with van der Waals surface area (Å²) >= 11 is 0. The van der Waals surface area contributed by atoms with E-state index < -0.39 is 22.4 Å². The van der Waals surface area contributed by atoms with Crippen LogP contribution >= 0.6 is 0 Å². The van der Waals surface area contributed by atoms with Gasteiger partial charge in [-0.3, -0.25) is 10.1 Å². The summed E-state index contributed by atoms with van der Waals surface area (Å²) in [7, 11) is 0. The monoisotopic (exact) mass is 285 g/mol. The Morgan fingerprint density at radius 1 is 0.950 bits per heavy atom. The number of para-hydroxylation sites is 2. The molecule has 2 rings (SSSR count). The van der Waals surface area contributed by atoms with Crippen molar-refractivity contribution >= 4 is 5.69 Å². The molecule has 0 unspecified atom stereocenters. The predicted molar refractivity (Wildman–Crippen MR) is 66.2 cm³/mol. The molecule has 0 heterocycles. The molecule has 4 nitrogen and oxygen atoms in total. The highest BCUT2D eigenvalue weighted by Crippen LogP contribution is 2.35. The maximum Gasteiger partial charge on any atom is 0.422 e. The first kappa shape index (κ1) is 15.5. The van der Waals surface area contributed by atoms with E-state index in [2.05, 4.69) is 0 Å². The Morgan fingerprint density at radius 2 is 1.45 bits per heavy atom. The van der Waals surface area contributed by atoms with Gasteiger partial charge in [-0.15, -0.1) is 0 Å². The lowest BCUT2D eigenvalue weighted by Crippen LogP contribution is -2.08. The fraction of sp³-hybridized carbons (Fsp3) is 0.0769. The van der Waals surface area contributed by atoms with E-state index in [9.17, 15) is 23.3 Å². The Bertz CT molecular complexity index is 571. The second-order valence-corrected chi connectivity index (χ2v) is 3.61. The van der Waals surface area contributed by atoms with E-state index in [0.717, 1.165) is 12.1 Å². The molecule has 0 aromatic heterocycles. The lowest BCUT2D eigenvalue weighted by Gasteiger charge is -2.05. The molecule has 0 aliphatic rings. The molecule has 1 N–H and O–H groups in total. The molecule has 0 saturated heterocycles. The Hall–Kier alpha value is -2.57. The molecule has 2 aromatic carbocycles. The van der Waals surface area contributed by atoms with Crippen molar-refractivity contribution < 1.29 is 23.2 Å². The van der Waals surface area contributed by atoms with Crippen molar-refractivity contribution in [3.63, 3.8) is 0 Å². The smallest absolute Gasteiger partial charge is 0.422 e. The molecule has 20 heavy (non-hydrogen) atoms. The standard InChI is InChI=1S/C7H4F3NO2.C6H6O/c8-7(9,10)5-3-1-2-4-6(5)11(12)13;7-6-4-2-1-3-5-6/h1-4H;1-5,7H. The number of hydrogen-bond acceptors (Lipinski definition) is 3. The molecule has 0 aliphatic carbocycles. The van der Waals surface area contributed by atoms with Gasteiger partial charge in [0.25, 0.3) is 5.69 Å². The van der Waals surface area contributed by atoms with E-state index in [-0.39, 0.29) is 0 Å². The minimum atomic E-state index is -4.68. The average Bonchev–Trinajstić information content (AvgIpc) is 2.39. The summed E-state index contributed by atoms with van der Waals surface area (Å²) in [6, 6.07) is 12.5. The SMILES string of the molecule is O=[N+]([O-])c1ccccc1C(F)(F)F.Oc1ccccc1. The number of phenols is 1.